The Morgan fingerprint density at radius 1 is 1.33 bits per heavy atom. The van der Waals surface area contributed by atoms with Crippen molar-refractivity contribution in [1.82, 2.24) is 0 Å². The molecule has 2 N–H and O–H groups in total. The van der Waals surface area contributed by atoms with Crippen LogP contribution in [0.1, 0.15) is 20.8 Å². The zero-order valence-corrected chi connectivity index (χ0v) is 9.32. The van der Waals surface area contributed by atoms with Crippen LogP contribution in [0.2, 0.25) is 0 Å². The second kappa shape index (κ2) is 9.36. The van der Waals surface area contributed by atoms with E-state index < -0.39 is 18.7 Å². The number of carbonyl (C=O) groups is 2. The highest BCUT2D eigenvalue weighted by Gasteiger charge is 2.07. The van der Waals surface area contributed by atoms with Gasteiger partial charge >= 0.3 is 5.97 Å². The average molecular weight is 218 g/mol. The van der Waals surface area contributed by atoms with E-state index in [-0.39, 0.29) is 18.0 Å². The Labute approximate surface area is 89.4 Å². The number of ketones is 1. The lowest BCUT2D eigenvalue weighted by Gasteiger charge is -2.07. The van der Waals surface area contributed by atoms with Gasteiger partial charge in [0.2, 0.25) is 0 Å². The summed E-state index contributed by atoms with van der Waals surface area (Å²) >= 11 is 0. The molecule has 5 nitrogen and oxygen atoms in total. The number of hydrogen-bond acceptors (Lipinski definition) is 5. The van der Waals surface area contributed by atoms with Crippen LogP contribution in [0.5, 0.6) is 0 Å². The van der Waals surface area contributed by atoms with E-state index in [1.54, 1.807) is 0 Å². The highest BCUT2D eigenvalue weighted by molar-refractivity contribution is 5.86. The Balaban J connectivity index is 0. The molecule has 0 aliphatic carbocycles. The molecule has 0 aliphatic rings. The average Bonchev–Trinajstić information content (AvgIpc) is 2.12. The quantitative estimate of drug-likeness (QED) is 0.514. The molecule has 15 heavy (non-hydrogen) atoms. The van der Waals surface area contributed by atoms with Gasteiger partial charge < -0.3 is 19.7 Å². The number of aliphatic hydroxyl groups excluding tert-OH is 2. The predicted octanol–water partition coefficient (Wildman–Crippen LogP) is 0.0542. The van der Waals surface area contributed by atoms with Crippen molar-refractivity contribution in [3.05, 3.63) is 12.2 Å². The Morgan fingerprint density at radius 3 is 2.00 bits per heavy atom. The molecule has 0 saturated carbocycles. The molecule has 0 aromatic carbocycles. The third-order valence-corrected chi connectivity index (χ3v) is 0.966. The predicted molar refractivity (Wildman–Crippen MR) is 55.2 cm³/mol. The van der Waals surface area contributed by atoms with E-state index in [0.717, 1.165) is 0 Å². The van der Waals surface area contributed by atoms with Gasteiger partial charge in [0.25, 0.3) is 0 Å². The van der Waals surface area contributed by atoms with Crippen LogP contribution in [-0.2, 0) is 14.3 Å². The van der Waals surface area contributed by atoms with Crippen LogP contribution >= 0.6 is 0 Å². The maximum absolute atomic E-state index is 10.6. The summed E-state index contributed by atoms with van der Waals surface area (Å²) in [4.78, 5) is 20.1. The van der Waals surface area contributed by atoms with Gasteiger partial charge in [-0.2, -0.15) is 0 Å². The summed E-state index contributed by atoms with van der Waals surface area (Å²) in [6.45, 7) is 7.30. The second-order valence-electron chi connectivity index (χ2n) is 3.12. The van der Waals surface area contributed by atoms with Crippen molar-refractivity contribution in [3.8, 4) is 0 Å². The normalized spacial score (nSPS) is 10.7. The number of rotatable bonds is 4. The minimum Gasteiger partial charge on any atom is -0.460 e. The third kappa shape index (κ3) is 15.5. The topological polar surface area (TPSA) is 83.8 Å². The molecule has 88 valence electrons. The summed E-state index contributed by atoms with van der Waals surface area (Å²) in [5.74, 6) is -0.391. The van der Waals surface area contributed by atoms with E-state index in [2.05, 4.69) is 11.3 Å². The van der Waals surface area contributed by atoms with Crippen LogP contribution in [0, 0.1) is 0 Å². The molecule has 1 unspecified atom stereocenters. The van der Waals surface area contributed by atoms with E-state index >= 15 is 0 Å². The highest BCUT2D eigenvalue weighted by Crippen LogP contribution is 1.93. The third-order valence-electron chi connectivity index (χ3n) is 0.966. The number of carbonyl (C=O) groups excluding carboxylic acids is 2. The fraction of sp³-hybridized carbons (Fsp3) is 0.600. The molecule has 0 heterocycles. The summed E-state index contributed by atoms with van der Waals surface area (Å²) < 4.78 is 4.51. The maximum Gasteiger partial charge on any atom is 0.333 e. The van der Waals surface area contributed by atoms with Gasteiger partial charge in [0, 0.05) is 5.57 Å². The smallest absolute Gasteiger partial charge is 0.333 e. The monoisotopic (exact) mass is 218 g/mol. The van der Waals surface area contributed by atoms with E-state index in [9.17, 15) is 9.59 Å². The number of hydrogen-bond donors (Lipinski definition) is 2. The molecule has 0 rings (SSSR count). The fourth-order valence-electron chi connectivity index (χ4n) is 0.348. The minimum atomic E-state index is -1.00. The van der Waals surface area contributed by atoms with Gasteiger partial charge in [0.05, 0.1) is 6.61 Å². The molecule has 0 radical (unpaired) electrons. The molecule has 1 atom stereocenters. The van der Waals surface area contributed by atoms with Gasteiger partial charge in [-0.05, 0) is 20.8 Å². The molecule has 0 fully saturated rings. The van der Waals surface area contributed by atoms with Gasteiger partial charge in [0.15, 0.2) is 0 Å². The Bertz CT molecular complexity index is 218. The van der Waals surface area contributed by atoms with Crippen molar-refractivity contribution >= 4 is 11.8 Å². The molecule has 0 aliphatic heterocycles. The van der Waals surface area contributed by atoms with E-state index in [0.29, 0.717) is 0 Å². The van der Waals surface area contributed by atoms with Crippen molar-refractivity contribution in [1.29, 1.82) is 0 Å². The molecular weight excluding hydrogens is 200 g/mol. The Hall–Kier alpha value is -1.20. The summed E-state index contributed by atoms with van der Waals surface area (Å²) in [5.41, 5.74) is 0.273. The molecule has 0 aromatic rings. The number of ether oxygens (including phenoxy) is 1. The first-order chi connectivity index (χ1) is 6.81. The number of aliphatic hydroxyl groups is 2. The maximum atomic E-state index is 10.6. The molecule has 0 amide bonds. The lowest BCUT2D eigenvalue weighted by molar-refractivity contribution is -0.142. The van der Waals surface area contributed by atoms with Gasteiger partial charge in [-0.15, -0.1) is 0 Å². The van der Waals surface area contributed by atoms with Crippen molar-refractivity contribution in [2.75, 3.05) is 13.2 Å². The van der Waals surface area contributed by atoms with E-state index in [1.807, 2.05) is 0 Å². The lowest BCUT2D eigenvalue weighted by atomic mass is 10.3. The SMILES string of the molecule is C=C(C)C(=O)OCC(O)CO.CC(C)=O. The zero-order valence-electron chi connectivity index (χ0n) is 9.32. The number of esters is 1. The van der Waals surface area contributed by atoms with Crippen molar-refractivity contribution < 1.29 is 24.5 Å². The van der Waals surface area contributed by atoms with Crippen LogP contribution in [0.15, 0.2) is 12.2 Å². The van der Waals surface area contributed by atoms with Crippen molar-refractivity contribution in [2.24, 2.45) is 0 Å². The summed E-state index contributed by atoms with van der Waals surface area (Å²) in [5, 5.41) is 17.1. The van der Waals surface area contributed by atoms with Crippen LogP contribution < -0.4 is 0 Å². The van der Waals surface area contributed by atoms with E-state index in [4.69, 9.17) is 10.2 Å². The number of Topliss-reactive ketones (excluding diaryl/α,β-unsaturated/α-hetero) is 1. The highest BCUT2D eigenvalue weighted by atomic mass is 16.5. The van der Waals surface area contributed by atoms with Crippen LogP contribution in [0.3, 0.4) is 0 Å². The summed E-state index contributed by atoms with van der Waals surface area (Å²) in [6, 6.07) is 0. The van der Waals surface area contributed by atoms with Gasteiger partial charge in [0.1, 0.15) is 18.5 Å². The van der Waals surface area contributed by atoms with E-state index in [1.165, 1.54) is 20.8 Å². The first-order valence-corrected chi connectivity index (χ1v) is 4.40. The molecule has 0 bridgehead atoms. The largest absolute Gasteiger partial charge is 0.460 e. The van der Waals surface area contributed by atoms with Crippen molar-refractivity contribution in [3.63, 3.8) is 0 Å². The Morgan fingerprint density at radius 2 is 1.73 bits per heavy atom. The van der Waals surface area contributed by atoms with Crippen LogP contribution in [-0.4, -0.2) is 41.3 Å². The molecule has 5 heteroatoms. The lowest BCUT2D eigenvalue weighted by Crippen LogP contribution is -2.22. The minimum absolute atomic E-state index is 0.167. The Kier molecular flexibility index (Phi) is 10.1. The van der Waals surface area contributed by atoms with Gasteiger partial charge in [-0.1, -0.05) is 6.58 Å². The first kappa shape index (κ1) is 16.2. The zero-order chi connectivity index (χ0) is 12.4. The fourth-order valence-corrected chi connectivity index (χ4v) is 0.348. The van der Waals surface area contributed by atoms with Crippen molar-refractivity contribution in [2.45, 2.75) is 26.9 Å². The van der Waals surface area contributed by atoms with Crippen LogP contribution in [0.25, 0.3) is 0 Å². The molecule has 0 spiro atoms. The first-order valence-electron chi connectivity index (χ1n) is 4.40. The van der Waals surface area contributed by atoms with Crippen LogP contribution in [0.4, 0.5) is 0 Å². The molecule has 0 saturated heterocycles. The van der Waals surface area contributed by atoms with Gasteiger partial charge in [-0.3, -0.25) is 0 Å². The van der Waals surface area contributed by atoms with Gasteiger partial charge in [-0.25, -0.2) is 4.79 Å². The molecule has 0 aromatic heterocycles. The summed E-state index contributed by atoms with van der Waals surface area (Å²) in [6.07, 6.45) is -1.00. The standard InChI is InChI=1S/C7H12O4.C3H6O/c1-5(2)7(10)11-4-6(9)3-8;1-3(2)4/h6,8-9H,1,3-4H2,2H3;1-2H3. The second-order valence-corrected chi connectivity index (χ2v) is 3.12. The molecular formula is C10H18O5. The summed E-state index contributed by atoms with van der Waals surface area (Å²) in [7, 11) is 0.